The van der Waals surface area contributed by atoms with Gasteiger partial charge in [0.25, 0.3) is 5.69 Å². The molecule has 0 saturated carbocycles. The third kappa shape index (κ3) is 4.90. The summed E-state index contributed by atoms with van der Waals surface area (Å²) in [4.78, 5) is 38.6. The molecule has 30 heavy (non-hydrogen) atoms. The summed E-state index contributed by atoms with van der Waals surface area (Å²) >= 11 is 0. The van der Waals surface area contributed by atoms with E-state index in [1.165, 1.54) is 12.1 Å². The molecule has 0 fully saturated rings. The highest BCUT2D eigenvalue weighted by molar-refractivity contribution is 6.02. The molecule has 156 valence electrons. The average molecular weight is 413 g/mol. The van der Waals surface area contributed by atoms with E-state index in [1.807, 2.05) is 6.07 Å². The van der Waals surface area contributed by atoms with Crippen molar-refractivity contribution < 1.29 is 29.2 Å². The number of carbonyl (C=O) groups excluding carboxylic acids is 1. The zero-order valence-electron chi connectivity index (χ0n) is 16.0. The summed E-state index contributed by atoms with van der Waals surface area (Å²) in [5.41, 5.74) is 1.93. The van der Waals surface area contributed by atoms with Gasteiger partial charge in [-0.2, -0.15) is 0 Å². The maximum Gasteiger partial charge on any atom is 0.345 e. The van der Waals surface area contributed by atoms with Crippen LogP contribution in [-0.4, -0.2) is 40.4 Å². The van der Waals surface area contributed by atoms with Crippen LogP contribution in [0.15, 0.2) is 47.6 Å². The molecule has 0 radical (unpaired) electrons. The molecule has 0 amide bonds. The number of carboxylic acid groups (broad SMARTS) is 1. The first-order chi connectivity index (χ1) is 14.4. The van der Waals surface area contributed by atoms with Crippen molar-refractivity contribution in [2.24, 2.45) is 5.16 Å². The number of nitrogens with one attached hydrogen (secondary N) is 1. The molecule has 1 aliphatic heterocycles. The van der Waals surface area contributed by atoms with Crippen LogP contribution < -0.4 is 5.32 Å². The van der Waals surface area contributed by atoms with Gasteiger partial charge in [0.2, 0.25) is 0 Å². The molecule has 0 bridgehead atoms. The van der Waals surface area contributed by atoms with Crippen molar-refractivity contribution in [1.29, 1.82) is 0 Å². The lowest BCUT2D eigenvalue weighted by atomic mass is 10.0. The highest BCUT2D eigenvalue weighted by atomic mass is 16.6. The Hall–Kier alpha value is -3.95. The number of hydrogen-bond donors (Lipinski definition) is 2. The maximum atomic E-state index is 11.9. The van der Waals surface area contributed by atoms with Crippen molar-refractivity contribution in [2.45, 2.75) is 25.9 Å². The summed E-state index contributed by atoms with van der Waals surface area (Å²) < 4.78 is 4.86. The minimum atomic E-state index is -0.959. The third-order valence-corrected chi connectivity index (χ3v) is 4.31. The quantitative estimate of drug-likeness (QED) is 0.381. The fourth-order valence-corrected chi connectivity index (χ4v) is 2.99. The first-order valence-corrected chi connectivity index (χ1v) is 9.15. The number of anilines is 2. The van der Waals surface area contributed by atoms with Gasteiger partial charge in [-0.15, -0.1) is 0 Å². The minimum absolute atomic E-state index is 0.115. The molecule has 1 atom stereocenters. The Morgan fingerprint density at radius 2 is 2.07 bits per heavy atom. The first kappa shape index (κ1) is 20.8. The second-order valence-electron chi connectivity index (χ2n) is 6.48. The molecule has 1 heterocycles. The molecule has 10 nitrogen and oxygen atoms in total. The number of nitro benzene ring substituents is 1. The van der Waals surface area contributed by atoms with Crippen LogP contribution in [0, 0.1) is 10.1 Å². The van der Waals surface area contributed by atoms with E-state index < -0.39 is 23.0 Å². The lowest BCUT2D eigenvalue weighted by Crippen LogP contribution is -2.13. The lowest BCUT2D eigenvalue weighted by Gasteiger charge is -2.10. The van der Waals surface area contributed by atoms with E-state index in [0.29, 0.717) is 23.5 Å². The van der Waals surface area contributed by atoms with Crippen LogP contribution in [0.5, 0.6) is 0 Å². The summed E-state index contributed by atoms with van der Waals surface area (Å²) in [5.74, 6) is -1.72. The second kappa shape index (κ2) is 9.03. The lowest BCUT2D eigenvalue weighted by molar-refractivity contribution is -0.385. The predicted molar refractivity (Wildman–Crippen MR) is 107 cm³/mol. The van der Waals surface area contributed by atoms with Crippen molar-refractivity contribution >= 4 is 34.7 Å². The molecule has 0 saturated heterocycles. The summed E-state index contributed by atoms with van der Waals surface area (Å²) in [6.07, 6.45) is -0.274. The van der Waals surface area contributed by atoms with Crippen LogP contribution in [-0.2, 0) is 14.4 Å². The van der Waals surface area contributed by atoms with Crippen LogP contribution in [0.1, 0.15) is 35.7 Å². The molecule has 0 aliphatic carbocycles. The molecule has 3 rings (SSSR count). The van der Waals surface area contributed by atoms with Crippen molar-refractivity contribution in [3.63, 3.8) is 0 Å². The molecule has 2 aromatic carbocycles. The number of carboxylic acids is 1. The number of nitrogens with zero attached hydrogens (tertiary/aromatic N) is 2. The van der Waals surface area contributed by atoms with Crippen LogP contribution in [0.3, 0.4) is 0 Å². The van der Waals surface area contributed by atoms with Gasteiger partial charge in [0, 0.05) is 29.4 Å². The summed E-state index contributed by atoms with van der Waals surface area (Å²) in [6, 6.07) is 11.3. The fraction of sp³-hybridized carbons (Fsp3) is 0.250. The molecular weight excluding hydrogens is 394 g/mol. The normalized spacial score (nSPS) is 15.1. The van der Waals surface area contributed by atoms with Crippen LogP contribution in [0.25, 0.3) is 0 Å². The van der Waals surface area contributed by atoms with E-state index in [0.717, 1.165) is 5.56 Å². The van der Waals surface area contributed by atoms with Gasteiger partial charge in [-0.1, -0.05) is 17.3 Å². The smallest absolute Gasteiger partial charge is 0.345 e. The number of benzene rings is 2. The average Bonchev–Trinajstić information content (AvgIpc) is 3.16. The molecular formula is C20H19N3O7. The van der Waals surface area contributed by atoms with E-state index in [4.69, 9.17) is 14.7 Å². The predicted octanol–water partition coefficient (Wildman–Crippen LogP) is 3.48. The Labute approximate surface area is 171 Å². The van der Waals surface area contributed by atoms with E-state index >= 15 is 0 Å². The largest absolute Gasteiger partial charge is 0.481 e. The zero-order valence-corrected chi connectivity index (χ0v) is 16.0. The van der Waals surface area contributed by atoms with Gasteiger partial charge in [-0.05, 0) is 31.2 Å². The van der Waals surface area contributed by atoms with Gasteiger partial charge in [-0.25, -0.2) is 4.79 Å². The molecule has 1 unspecified atom stereocenters. The Morgan fingerprint density at radius 1 is 1.30 bits per heavy atom. The summed E-state index contributed by atoms with van der Waals surface area (Å²) in [6.45, 7) is 1.74. The monoisotopic (exact) mass is 413 g/mol. The van der Waals surface area contributed by atoms with Gasteiger partial charge in [0.1, 0.15) is 11.7 Å². The Balaban J connectivity index is 1.78. The number of rotatable bonds is 8. The number of ether oxygens (including phenoxy) is 1. The van der Waals surface area contributed by atoms with Gasteiger partial charge in [0.15, 0.2) is 0 Å². The van der Waals surface area contributed by atoms with Crippen molar-refractivity contribution in [3.8, 4) is 0 Å². The summed E-state index contributed by atoms with van der Waals surface area (Å²) in [5, 5.41) is 27.3. The van der Waals surface area contributed by atoms with E-state index in [9.17, 15) is 19.7 Å². The third-order valence-electron chi connectivity index (χ3n) is 4.31. The minimum Gasteiger partial charge on any atom is -0.481 e. The Morgan fingerprint density at radius 3 is 2.77 bits per heavy atom. The summed E-state index contributed by atoms with van der Waals surface area (Å²) in [7, 11) is 0. The number of nitro groups is 1. The highest BCUT2D eigenvalue weighted by Crippen LogP contribution is 2.27. The van der Waals surface area contributed by atoms with Gasteiger partial charge < -0.3 is 20.0 Å². The SMILES string of the molecule is CCOC(=O)c1ccc(Nc2cccc(C3=NOC(CC(=O)O)C3)c2)cc1[N+](=O)[O-]. The zero-order chi connectivity index (χ0) is 21.7. The van der Waals surface area contributed by atoms with Crippen molar-refractivity contribution in [1.82, 2.24) is 0 Å². The van der Waals surface area contributed by atoms with Gasteiger partial charge in [0.05, 0.1) is 23.7 Å². The van der Waals surface area contributed by atoms with Crippen molar-refractivity contribution in [2.75, 3.05) is 11.9 Å². The molecule has 0 spiro atoms. The number of hydrogen-bond acceptors (Lipinski definition) is 8. The van der Waals surface area contributed by atoms with Crippen molar-refractivity contribution in [3.05, 3.63) is 63.7 Å². The fourth-order valence-electron chi connectivity index (χ4n) is 2.99. The number of aliphatic carboxylic acids is 1. The molecule has 10 heteroatoms. The topological polar surface area (TPSA) is 140 Å². The van der Waals surface area contributed by atoms with Crippen LogP contribution in [0.2, 0.25) is 0 Å². The van der Waals surface area contributed by atoms with E-state index in [1.54, 1.807) is 31.2 Å². The Bertz CT molecular complexity index is 1020. The van der Waals surface area contributed by atoms with Crippen LogP contribution in [0.4, 0.5) is 17.1 Å². The maximum absolute atomic E-state index is 11.9. The number of oxime groups is 1. The number of esters is 1. The molecule has 0 aromatic heterocycles. The van der Waals surface area contributed by atoms with Gasteiger partial charge in [-0.3, -0.25) is 14.9 Å². The number of carbonyl (C=O) groups is 2. The molecule has 1 aliphatic rings. The molecule has 2 N–H and O–H groups in total. The highest BCUT2D eigenvalue weighted by Gasteiger charge is 2.25. The first-order valence-electron chi connectivity index (χ1n) is 9.15. The Kier molecular flexibility index (Phi) is 6.26. The van der Waals surface area contributed by atoms with E-state index in [-0.39, 0.29) is 24.3 Å². The second-order valence-corrected chi connectivity index (χ2v) is 6.48. The molecule has 2 aromatic rings. The van der Waals surface area contributed by atoms with Crippen LogP contribution >= 0.6 is 0 Å². The standard InChI is InChI=1S/C20H19N3O7/c1-2-29-20(26)16-7-6-14(9-18(16)23(27)28)21-13-5-3-4-12(8-13)17-10-15(30-22-17)11-19(24)25/h3-9,15,21H,2,10-11H2,1H3,(H,24,25). The van der Waals surface area contributed by atoms with Gasteiger partial charge >= 0.3 is 11.9 Å². The van der Waals surface area contributed by atoms with E-state index in [2.05, 4.69) is 10.5 Å².